The molecule has 4 rings (SSSR count). The highest BCUT2D eigenvalue weighted by molar-refractivity contribution is 8.01. The number of carbonyl (C=O) groups is 3. The van der Waals surface area contributed by atoms with Crippen LogP contribution in [0.15, 0.2) is 45.9 Å². The Bertz CT molecular complexity index is 1040. The lowest BCUT2D eigenvalue weighted by atomic mass is 10.0. The maximum atomic E-state index is 12.7. The van der Waals surface area contributed by atoms with Crippen molar-refractivity contribution in [3.63, 3.8) is 0 Å². The first kappa shape index (κ1) is 21.7. The van der Waals surface area contributed by atoms with E-state index in [-0.39, 0.29) is 12.3 Å². The molecule has 2 atom stereocenters. The lowest BCUT2D eigenvalue weighted by Gasteiger charge is -2.49. The number of hydrogen-bond donors (Lipinski definition) is 2. The van der Waals surface area contributed by atoms with Gasteiger partial charge in [0.15, 0.2) is 10.9 Å². The highest BCUT2D eigenvalue weighted by atomic mass is 32.2. The summed E-state index contributed by atoms with van der Waals surface area (Å²) in [5.41, 5.74) is 0.644. The molecular weight excluding hydrogens is 460 g/mol. The molecular formula is C19H18N4O5S3. The van der Waals surface area contributed by atoms with Crippen LogP contribution in [0.1, 0.15) is 5.01 Å². The number of ether oxygens (including phenoxy) is 1. The number of carboxylic acid groups (broad SMARTS) is 1. The lowest BCUT2D eigenvalue weighted by Crippen LogP contribution is -2.70. The largest absolute Gasteiger partial charge is 0.484 e. The monoisotopic (exact) mass is 478 g/mol. The Hall–Kier alpha value is -2.57. The highest BCUT2D eigenvalue weighted by Crippen LogP contribution is 2.41. The van der Waals surface area contributed by atoms with Gasteiger partial charge in [0.1, 0.15) is 27.9 Å². The van der Waals surface area contributed by atoms with Gasteiger partial charge < -0.3 is 15.2 Å². The van der Waals surface area contributed by atoms with Crippen molar-refractivity contribution in [1.29, 1.82) is 0 Å². The smallest absolute Gasteiger partial charge is 0.352 e. The Morgan fingerprint density at radius 2 is 2.10 bits per heavy atom. The van der Waals surface area contributed by atoms with Crippen molar-refractivity contribution in [1.82, 2.24) is 20.4 Å². The van der Waals surface area contributed by atoms with E-state index in [0.29, 0.717) is 22.8 Å². The third-order valence-electron chi connectivity index (χ3n) is 4.56. The number of nitrogens with one attached hydrogen (secondary N) is 1. The SMILES string of the molecule is Cc1nnc(SCC2=C(C(=O)O)N3C(=O)C(NC(=O)COc4ccccc4)[C@H]3SC2)s1. The molecule has 0 aliphatic carbocycles. The number of benzene rings is 1. The molecule has 2 N–H and O–H groups in total. The van der Waals surface area contributed by atoms with E-state index in [1.165, 1.54) is 39.8 Å². The first-order valence-electron chi connectivity index (χ1n) is 9.24. The van der Waals surface area contributed by atoms with E-state index >= 15 is 0 Å². The number of hydrogen-bond acceptors (Lipinski definition) is 9. The van der Waals surface area contributed by atoms with E-state index in [0.717, 1.165) is 9.35 Å². The van der Waals surface area contributed by atoms with Crippen molar-refractivity contribution in [3.8, 4) is 5.75 Å². The molecule has 0 radical (unpaired) electrons. The molecule has 1 unspecified atom stereocenters. The van der Waals surface area contributed by atoms with Gasteiger partial charge in [-0.3, -0.25) is 14.5 Å². The van der Waals surface area contributed by atoms with E-state index in [9.17, 15) is 19.5 Å². The molecule has 12 heteroatoms. The minimum atomic E-state index is -1.15. The number of aryl methyl sites for hydroxylation is 1. The molecule has 2 aromatic rings. The van der Waals surface area contributed by atoms with Gasteiger partial charge in [0.2, 0.25) is 0 Å². The number of fused-ring (bicyclic) bond motifs is 1. The van der Waals surface area contributed by atoms with Gasteiger partial charge in [-0.2, -0.15) is 0 Å². The fourth-order valence-electron chi connectivity index (χ4n) is 3.16. The maximum absolute atomic E-state index is 12.7. The summed E-state index contributed by atoms with van der Waals surface area (Å²) >= 11 is 4.27. The van der Waals surface area contributed by atoms with Gasteiger partial charge in [-0.15, -0.1) is 22.0 Å². The summed E-state index contributed by atoms with van der Waals surface area (Å²) < 4.78 is 6.15. The number of aliphatic carboxylic acids is 1. The summed E-state index contributed by atoms with van der Waals surface area (Å²) in [6.45, 7) is 1.62. The molecule has 1 saturated heterocycles. The fourth-order valence-corrected chi connectivity index (χ4v) is 6.46. The van der Waals surface area contributed by atoms with E-state index in [1.807, 2.05) is 13.0 Å². The van der Waals surface area contributed by atoms with Gasteiger partial charge >= 0.3 is 5.97 Å². The second-order valence-corrected chi connectivity index (χ2v) is 10.2. The molecule has 162 valence electrons. The molecule has 1 aromatic heterocycles. The molecule has 1 aromatic carbocycles. The van der Waals surface area contributed by atoms with Crippen molar-refractivity contribution < 1.29 is 24.2 Å². The van der Waals surface area contributed by atoms with Gasteiger partial charge in [-0.1, -0.05) is 41.3 Å². The third kappa shape index (κ3) is 4.70. The minimum absolute atomic E-state index is 0.00600. The second-order valence-electron chi connectivity index (χ2n) is 6.69. The number of carbonyl (C=O) groups excluding carboxylic acids is 2. The topological polar surface area (TPSA) is 122 Å². The second kappa shape index (κ2) is 9.28. The third-order valence-corrected chi connectivity index (χ3v) is 7.95. The number of thioether (sulfide) groups is 2. The van der Waals surface area contributed by atoms with Crippen LogP contribution in [-0.4, -0.2) is 67.5 Å². The van der Waals surface area contributed by atoms with Crippen LogP contribution in [0.25, 0.3) is 0 Å². The quantitative estimate of drug-likeness (QED) is 0.432. The predicted molar refractivity (Wildman–Crippen MR) is 117 cm³/mol. The molecule has 9 nitrogen and oxygen atoms in total. The van der Waals surface area contributed by atoms with Crippen molar-refractivity contribution in [2.75, 3.05) is 18.1 Å². The van der Waals surface area contributed by atoms with Gasteiger partial charge in [-0.05, 0) is 24.6 Å². The first-order chi connectivity index (χ1) is 14.9. The van der Waals surface area contributed by atoms with E-state index < -0.39 is 29.2 Å². The van der Waals surface area contributed by atoms with E-state index in [4.69, 9.17) is 4.74 Å². The van der Waals surface area contributed by atoms with Crippen LogP contribution in [0.4, 0.5) is 0 Å². The number of nitrogens with zero attached hydrogens (tertiary/aromatic N) is 3. The van der Waals surface area contributed by atoms with Crippen LogP contribution in [0.5, 0.6) is 5.75 Å². The van der Waals surface area contributed by atoms with Crippen molar-refractivity contribution in [2.45, 2.75) is 22.7 Å². The molecule has 2 aliphatic rings. The summed E-state index contributed by atoms with van der Waals surface area (Å²) in [4.78, 5) is 38.1. The number of amides is 2. The molecule has 2 amide bonds. The molecule has 31 heavy (non-hydrogen) atoms. The van der Waals surface area contributed by atoms with Gasteiger partial charge in [-0.25, -0.2) is 4.79 Å². The standard InChI is InChI=1S/C19H18N4O5S3/c1-10-21-22-19(31-10)30-9-11-8-29-17-14(16(25)23(17)15(11)18(26)27)20-13(24)7-28-12-5-3-2-4-6-12/h2-6,14,17H,7-9H2,1H3,(H,20,24)(H,26,27)/t14?,17-/m1/s1. The van der Waals surface area contributed by atoms with Crippen LogP contribution in [-0.2, 0) is 14.4 Å². The lowest BCUT2D eigenvalue weighted by molar-refractivity contribution is -0.150. The number of carboxylic acids is 1. The first-order valence-corrected chi connectivity index (χ1v) is 12.1. The normalized spacial score (nSPS) is 20.2. The Labute approximate surface area is 190 Å². The van der Waals surface area contributed by atoms with Crippen LogP contribution >= 0.6 is 34.9 Å². The number of rotatable bonds is 8. The zero-order valence-electron chi connectivity index (χ0n) is 16.3. The molecule has 0 bridgehead atoms. The Kier molecular flexibility index (Phi) is 6.49. The van der Waals surface area contributed by atoms with Crippen LogP contribution in [0.2, 0.25) is 0 Å². The molecule has 0 saturated carbocycles. The zero-order valence-corrected chi connectivity index (χ0v) is 18.8. The van der Waals surface area contributed by atoms with Gasteiger partial charge in [0, 0.05) is 11.5 Å². The average molecular weight is 479 g/mol. The highest BCUT2D eigenvalue weighted by Gasteiger charge is 2.54. The number of β-lactam (4-membered cyclic amide) rings is 1. The Balaban J connectivity index is 1.38. The summed E-state index contributed by atoms with van der Waals surface area (Å²) in [5, 5.41) is 20.8. The molecule has 1 fully saturated rings. The van der Waals surface area contributed by atoms with Crippen molar-refractivity contribution >= 4 is 52.6 Å². The minimum Gasteiger partial charge on any atom is -0.484 e. The molecule has 2 aliphatic heterocycles. The van der Waals surface area contributed by atoms with Crippen LogP contribution in [0.3, 0.4) is 0 Å². The zero-order chi connectivity index (χ0) is 22.0. The van der Waals surface area contributed by atoms with Crippen molar-refractivity contribution in [2.24, 2.45) is 0 Å². The number of aromatic nitrogens is 2. The van der Waals surface area contributed by atoms with Gasteiger partial charge in [0.25, 0.3) is 11.8 Å². The molecule has 0 spiro atoms. The summed E-state index contributed by atoms with van der Waals surface area (Å²) in [5.74, 6) is -0.613. The van der Waals surface area contributed by atoms with E-state index in [1.54, 1.807) is 24.3 Å². The summed E-state index contributed by atoms with van der Waals surface area (Å²) in [6, 6.07) is 8.11. The van der Waals surface area contributed by atoms with Crippen LogP contribution < -0.4 is 10.1 Å². The number of para-hydroxylation sites is 1. The summed E-state index contributed by atoms with van der Waals surface area (Å²) in [6.07, 6.45) is 0. The maximum Gasteiger partial charge on any atom is 0.352 e. The average Bonchev–Trinajstić information content (AvgIpc) is 3.19. The molecule has 3 heterocycles. The Morgan fingerprint density at radius 1 is 1.32 bits per heavy atom. The van der Waals surface area contributed by atoms with Crippen molar-refractivity contribution in [3.05, 3.63) is 46.6 Å². The Morgan fingerprint density at radius 3 is 2.77 bits per heavy atom. The predicted octanol–water partition coefficient (Wildman–Crippen LogP) is 1.76. The van der Waals surface area contributed by atoms with E-state index in [2.05, 4.69) is 15.5 Å². The fraction of sp³-hybridized carbons (Fsp3) is 0.316. The van der Waals surface area contributed by atoms with Crippen LogP contribution in [0, 0.1) is 6.92 Å². The van der Waals surface area contributed by atoms with Gasteiger partial charge in [0.05, 0.1) is 0 Å². The summed E-state index contributed by atoms with van der Waals surface area (Å²) in [7, 11) is 0.